The number of nitrogens with one attached hydrogen (secondary N) is 2. The molecule has 0 bridgehead atoms. The Morgan fingerprint density at radius 3 is 2.69 bits per heavy atom. The van der Waals surface area contributed by atoms with Crippen LogP contribution in [0.5, 0.6) is 0 Å². The summed E-state index contributed by atoms with van der Waals surface area (Å²) in [6.07, 6.45) is 7.25. The lowest BCUT2D eigenvalue weighted by Crippen LogP contribution is -2.16. The third-order valence-electron chi connectivity index (χ3n) is 4.65. The van der Waals surface area contributed by atoms with Gasteiger partial charge < -0.3 is 5.43 Å². The minimum absolute atomic E-state index is 0.131. The van der Waals surface area contributed by atoms with Crippen molar-refractivity contribution in [3.8, 4) is 22.4 Å². The van der Waals surface area contributed by atoms with E-state index in [0.717, 1.165) is 44.8 Å². The van der Waals surface area contributed by atoms with Gasteiger partial charge in [-0.2, -0.15) is 0 Å². The number of hydrogen-bond donors (Lipinski definition) is 2. The maximum Gasteiger partial charge on any atom is 0.163 e. The highest BCUT2D eigenvalue weighted by Crippen LogP contribution is 2.32. The van der Waals surface area contributed by atoms with Crippen LogP contribution in [0.15, 0.2) is 61.2 Å². The summed E-state index contributed by atoms with van der Waals surface area (Å²) >= 11 is 0. The number of hydrogen-bond acceptors (Lipinski definition) is 6. The molecule has 0 saturated heterocycles. The summed E-state index contributed by atoms with van der Waals surface area (Å²) in [5, 5.41) is 1.09. The van der Waals surface area contributed by atoms with Gasteiger partial charge in [-0.3, -0.25) is 9.97 Å². The monoisotopic (exact) mass is 340 g/mol. The van der Waals surface area contributed by atoms with Crippen molar-refractivity contribution in [2.45, 2.75) is 13.0 Å². The summed E-state index contributed by atoms with van der Waals surface area (Å²) in [5.41, 5.74) is 12.2. The van der Waals surface area contributed by atoms with E-state index in [1.165, 1.54) is 0 Å². The second kappa shape index (κ2) is 5.86. The fraction of sp³-hybridized carbons (Fsp3) is 0.100. The fourth-order valence-electron chi connectivity index (χ4n) is 3.27. The van der Waals surface area contributed by atoms with Crippen molar-refractivity contribution >= 4 is 16.7 Å². The molecule has 0 saturated carbocycles. The average molecular weight is 340 g/mol. The van der Waals surface area contributed by atoms with E-state index in [1.807, 2.05) is 36.5 Å². The van der Waals surface area contributed by atoms with Gasteiger partial charge in [0.2, 0.25) is 0 Å². The normalized spacial score (nSPS) is 15.7. The molecule has 0 amide bonds. The van der Waals surface area contributed by atoms with Gasteiger partial charge in [0, 0.05) is 29.5 Å². The van der Waals surface area contributed by atoms with Crippen LogP contribution in [0.25, 0.3) is 33.3 Å². The molecule has 0 radical (unpaired) electrons. The topological polar surface area (TPSA) is 75.6 Å². The summed E-state index contributed by atoms with van der Waals surface area (Å²) in [4.78, 5) is 17.9. The first-order valence-corrected chi connectivity index (χ1v) is 8.47. The molecule has 1 unspecified atom stereocenters. The van der Waals surface area contributed by atoms with Crippen molar-refractivity contribution in [1.29, 1.82) is 0 Å². The zero-order valence-electron chi connectivity index (χ0n) is 14.1. The van der Waals surface area contributed by atoms with Crippen molar-refractivity contribution in [3.05, 3.63) is 66.9 Å². The number of hydrazine groups is 1. The predicted octanol–water partition coefficient (Wildman–Crippen LogP) is 3.74. The summed E-state index contributed by atoms with van der Waals surface area (Å²) in [6.45, 7) is 2.06. The van der Waals surface area contributed by atoms with Crippen LogP contribution < -0.4 is 10.9 Å². The van der Waals surface area contributed by atoms with Crippen molar-refractivity contribution in [2.75, 3.05) is 5.43 Å². The molecule has 126 valence electrons. The largest absolute Gasteiger partial charge is 0.304 e. The zero-order valence-corrected chi connectivity index (χ0v) is 14.1. The number of rotatable bonds is 2. The third-order valence-corrected chi connectivity index (χ3v) is 4.65. The van der Waals surface area contributed by atoms with Crippen LogP contribution >= 0.6 is 0 Å². The molecule has 1 aromatic carbocycles. The smallest absolute Gasteiger partial charge is 0.163 e. The molecule has 5 rings (SSSR count). The highest BCUT2D eigenvalue weighted by Gasteiger charge is 2.21. The second-order valence-electron chi connectivity index (χ2n) is 6.31. The molecule has 26 heavy (non-hydrogen) atoms. The maximum atomic E-state index is 4.80. The molecule has 1 aliphatic heterocycles. The van der Waals surface area contributed by atoms with Crippen molar-refractivity contribution < 1.29 is 0 Å². The number of fused-ring (bicyclic) bond motifs is 2. The predicted molar refractivity (Wildman–Crippen MR) is 101 cm³/mol. The highest BCUT2D eigenvalue weighted by molar-refractivity contribution is 5.96. The van der Waals surface area contributed by atoms with Crippen molar-refractivity contribution in [1.82, 2.24) is 25.4 Å². The summed E-state index contributed by atoms with van der Waals surface area (Å²) in [7, 11) is 0. The minimum Gasteiger partial charge on any atom is -0.304 e. The Labute approximate surface area is 150 Å². The van der Waals surface area contributed by atoms with E-state index >= 15 is 0 Å². The fourth-order valence-corrected chi connectivity index (χ4v) is 3.27. The first-order valence-electron chi connectivity index (χ1n) is 8.47. The van der Waals surface area contributed by atoms with Gasteiger partial charge in [0.25, 0.3) is 0 Å². The van der Waals surface area contributed by atoms with Gasteiger partial charge in [0.15, 0.2) is 5.82 Å². The number of aromatic nitrogens is 4. The van der Waals surface area contributed by atoms with E-state index in [-0.39, 0.29) is 6.04 Å². The standard InChI is InChI=1S/C20H16N6/c1-12-19-20(26-25-12)23-11-18(24-19)14-2-3-17-16(10-14)15(6-9-22-17)13-4-7-21-8-5-13/h2-12,25H,1H3,(H,23,26). The van der Waals surface area contributed by atoms with Gasteiger partial charge in [-0.1, -0.05) is 6.07 Å². The lowest BCUT2D eigenvalue weighted by molar-refractivity contribution is 0.672. The van der Waals surface area contributed by atoms with E-state index in [1.54, 1.807) is 18.6 Å². The zero-order chi connectivity index (χ0) is 17.5. The Kier molecular flexibility index (Phi) is 3.36. The number of benzene rings is 1. The number of pyridine rings is 2. The summed E-state index contributed by atoms with van der Waals surface area (Å²) in [6, 6.07) is 12.4. The lowest BCUT2D eigenvalue weighted by Gasteiger charge is -2.09. The molecular weight excluding hydrogens is 324 g/mol. The van der Waals surface area contributed by atoms with Gasteiger partial charge >= 0.3 is 0 Å². The van der Waals surface area contributed by atoms with Crippen molar-refractivity contribution in [2.24, 2.45) is 0 Å². The molecule has 6 nitrogen and oxygen atoms in total. The molecule has 3 aromatic heterocycles. The quantitative estimate of drug-likeness (QED) is 0.579. The van der Waals surface area contributed by atoms with Crippen LogP contribution in [-0.4, -0.2) is 19.9 Å². The van der Waals surface area contributed by atoms with Gasteiger partial charge in [0.1, 0.15) is 5.69 Å². The molecule has 4 aromatic rings. The molecule has 0 fully saturated rings. The van der Waals surface area contributed by atoms with Crippen LogP contribution in [0.4, 0.5) is 5.82 Å². The molecular formula is C20H16N6. The van der Waals surface area contributed by atoms with E-state index in [0.29, 0.717) is 0 Å². The van der Waals surface area contributed by atoms with Gasteiger partial charge in [-0.15, -0.1) is 0 Å². The third kappa shape index (κ3) is 2.39. The maximum absolute atomic E-state index is 4.80. The van der Waals surface area contributed by atoms with Crippen LogP contribution in [0, 0.1) is 0 Å². The molecule has 0 spiro atoms. The SMILES string of the molecule is CC1NNc2ncc(-c3ccc4nccc(-c5ccncc5)c4c3)nc21. The van der Waals surface area contributed by atoms with Gasteiger partial charge in [0.05, 0.1) is 23.4 Å². The van der Waals surface area contributed by atoms with Gasteiger partial charge in [-0.05, 0) is 48.4 Å². The van der Waals surface area contributed by atoms with Gasteiger partial charge in [-0.25, -0.2) is 15.4 Å². The Balaban J connectivity index is 1.68. The minimum atomic E-state index is 0.131. The molecule has 1 aliphatic rings. The van der Waals surface area contributed by atoms with Crippen LogP contribution in [0.3, 0.4) is 0 Å². The van der Waals surface area contributed by atoms with Crippen LogP contribution in [0.1, 0.15) is 18.7 Å². The van der Waals surface area contributed by atoms with E-state index in [2.05, 4.69) is 38.8 Å². The molecule has 0 aliphatic carbocycles. The molecule has 6 heteroatoms. The lowest BCUT2D eigenvalue weighted by atomic mass is 10.00. The van der Waals surface area contributed by atoms with Crippen molar-refractivity contribution in [3.63, 3.8) is 0 Å². The van der Waals surface area contributed by atoms with E-state index in [4.69, 9.17) is 4.98 Å². The van der Waals surface area contributed by atoms with Crippen LogP contribution in [-0.2, 0) is 0 Å². The van der Waals surface area contributed by atoms with E-state index < -0.39 is 0 Å². The van der Waals surface area contributed by atoms with E-state index in [9.17, 15) is 0 Å². The first-order chi connectivity index (χ1) is 12.8. The Hall–Kier alpha value is -3.38. The number of anilines is 1. The number of nitrogens with zero attached hydrogens (tertiary/aromatic N) is 4. The average Bonchev–Trinajstić information content (AvgIpc) is 3.08. The Morgan fingerprint density at radius 2 is 1.81 bits per heavy atom. The van der Waals surface area contributed by atoms with Crippen LogP contribution in [0.2, 0.25) is 0 Å². The Bertz CT molecular complexity index is 1110. The molecule has 1 atom stereocenters. The Morgan fingerprint density at radius 1 is 0.923 bits per heavy atom. The summed E-state index contributed by atoms with van der Waals surface area (Å²) in [5.74, 6) is 0.793. The first kappa shape index (κ1) is 14.9. The summed E-state index contributed by atoms with van der Waals surface area (Å²) < 4.78 is 0. The molecule has 4 heterocycles. The molecule has 2 N–H and O–H groups in total. The second-order valence-corrected chi connectivity index (χ2v) is 6.31. The highest BCUT2D eigenvalue weighted by atomic mass is 15.4.